The summed E-state index contributed by atoms with van der Waals surface area (Å²) < 4.78 is 13.6. The third-order valence-corrected chi connectivity index (χ3v) is 15.0. The lowest BCUT2D eigenvalue weighted by Gasteiger charge is -2.27. The molecule has 6 aromatic rings. The van der Waals surface area contributed by atoms with Gasteiger partial charge in [-0.25, -0.2) is 0 Å². The molecule has 4 heteroatoms. The summed E-state index contributed by atoms with van der Waals surface area (Å²) in [6.07, 6.45) is 13.1. The van der Waals surface area contributed by atoms with Crippen molar-refractivity contribution in [3.63, 3.8) is 0 Å². The second-order valence-corrected chi connectivity index (χ2v) is 25.8. The fourth-order valence-corrected chi connectivity index (χ4v) is 9.91. The quantitative estimate of drug-likeness (QED) is 0.0666. The molecule has 0 radical (unpaired) electrons. The maximum atomic E-state index is 12.6. The Balaban J connectivity index is 1.37. The molecule has 6 rings (SSSR count). The van der Waals surface area contributed by atoms with Crippen molar-refractivity contribution < 1.29 is 19.7 Å². The van der Waals surface area contributed by atoms with Crippen LogP contribution < -0.4 is 9.47 Å². The zero-order valence-electron chi connectivity index (χ0n) is 49.6. The Morgan fingerprint density at radius 3 is 0.893 bits per heavy atom. The Morgan fingerprint density at radius 1 is 0.320 bits per heavy atom. The first-order valence-electron chi connectivity index (χ1n) is 28.9. The third kappa shape index (κ3) is 15.4. The van der Waals surface area contributed by atoms with E-state index in [1.807, 2.05) is 0 Å². The van der Waals surface area contributed by atoms with E-state index in [0.717, 1.165) is 133 Å². The molecule has 0 saturated heterocycles. The molecule has 4 nitrogen and oxygen atoms in total. The highest BCUT2D eigenvalue weighted by Gasteiger charge is 2.26. The number of phenolic OH excluding ortho intramolecular Hbond substituents is 2. The van der Waals surface area contributed by atoms with Crippen molar-refractivity contribution in [3.05, 3.63) is 142 Å². The van der Waals surface area contributed by atoms with Crippen molar-refractivity contribution in [1.82, 2.24) is 0 Å². The van der Waals surface area contributed by atoms with Crippen molar-refractivity contribution in [1.29, 1.82) is 0 Å². The molecule has 0 aromatic heterocycles. The molecule has 6 aromatic carbocycles. The first-order chi connectivity index (χ1) is 35.4. The molecular weight excluding hydrogens is 917 g/mol. The number of aryl methyl sites for hydroxylation is 4. The van der Waals surface area contributed by atoms with Crippen molar-refractivity contribution in [3.8, 4) is 67.5 Å². The first-order valence-corrected chi connectivity index (χ1v) is 28.9. The monoisotopic (exact) mass is 1010 g/mol. The van der Waals surface area contributed by atoms with Crippen LogP contribution in [0.2, 0.25) is 0 Å². The average molecular weight is 1010 g/mol. The second kappa shape index (κ2) is 25.1. The molecule has 0 saturated carbocycles. The summed E-state index contributed by atoms with van der Waals surface area (Å²) in [5.74, 6) is 2.10. The number of aromatic hydroxyl groups is 2. The van der Waals surface area contributed by atoms with Gasteiger partial charge in [-0.1, -0.05) is 185 Å². The number of rotatable bonds is 22. The summed E-state index contributed by atoms with van der Waals surface area (Å²) in [5.41, 5.74) is 17.0. The molecule has 404 valence electrons. The number of ether oxygens (including phenoxy) is 2. The molecule has 0 unspecified atom stereocenters. The molecule has 0 bridgehead atoms. The largest absolute Gasteiger partial charge is 0.507 e. The maximum absolute atomic E-state index is 12.6. The Bertz CT molecular complexity index is 2590. The van der Waals surface area contributed by atoms with Crippen LogP contribution in [0.3, 0.4) is 0 Å². The molecule has 75 heavy (non-hydrogen) atoms. The smallest absolute Gasteiger partial charge is 0.131 e. The normalized spacial score (nSPS) is 12.4. The number of benzene rings is 6. The number of unbranched alkanes of at least 4 members (excludes halogenated alkanes) is 4. The number of phenols is 2. The SMILES string of the molecule is CCCCc1ccc(OCCCOc2ccc(CCCC)cc2-c2cc(CCCC)cc(-c3cc(C(C)(C)C)cc(C(C)(C)C)c3)c2O)c(-c2cc(CCCC)cc(-c3cc(C(C)(C)C)cc(C(C)(C)C)c3)c2O)c1. The molecule has 2 N–H and O–H groups in total. The summed E-state index contributed by atoms with van der Waals surface area (Å²) in [6, 6.07) is 35.8. The highest BCUT2D eigenvalue weighted by atomic mass is 16.5. The van der Waals surface area contributed by atoms with Crippen LogP contribution in [0.4, 0.5) is 0 Å². The van der Waals surface area contributed by atoms with Crippen molar-refractivity contribution in [2.75, 3.05) is 13.2 Å². The zero-order valence-corrected chi connectivity index (χ0v) is 49.6. The van der Waals surface area contributed by atoms with Crippen LogP contribution >= 0.6 is 0 Å². The third-order valence-electron chi connectivity index (χ3n) is 15.0. The van der Waals surface area contributed by atoms with Crippen LogP contribution in [0, 0.1) is 0 Å². The summed E-state index contributed by atoms with van der Waals surface area (Å²) in [4.78, 5) is 0. The van der Waals surface area contributed by atoms with Gasteiger partial charge < -0.3 is 19.7 Å². The Hall–Kier alpha value is -5.48. The van der Waals surface area contributed by atoms with E-state index in [1.54, 1.807) is 0 Å². The van der Waals surface area contributed by atoms with E-state index in [4.69, 9.17) is 9.47 Å². The van der Waals surface area contributed by atoms with E-state index in [1.165, 1.54) is 44.5 Å². The topological polar surface area (TPSA) is 58.9 Å². The predicted octanol–water partition coefficient (Wildman–Crippen LogP) is 20.2. The van der Waals surface area contributed by atoms with Gasteiger partial charge in [-0.2, -0.15) is 0 Å². The minimum Gasteiger partial charge on any atom is -0.507 e. The van der Waals surface area contributed by atoms with Gasteiger partial charge in [0.15, 0.2) is 0 Å². The van der Waals surface area contributed by atoms with E-state index in [9.17, 15) is 10.2 Å². The standard InChI is InChI=1S/C71H96O4/c1-17-21-26-48-30-32-64(60(36-48)62-40-50(28-23-19-3)38-58(66(62)72)52-42-54(68(5,6)7)46-55(43-52)69(8,9)10)74-34-25-35-75-65-33-31-49(27-22-18-2)37-61(65)63-41-51(29-24-20-4)39-59(67(63)73)53-44-56(70(11,12)13)47-57(45-53)71(14,15)16/h30-33,36-47,72-73H,17-29,34-35H2,1-16H3. The van der Waals surface area contributed by atoms with E-state index in [2.05, 4.69) is 208 Å². The second-order valence-electron chi connectivity index (χ2n) is 25.8. The summed E-state index contributed by atoms with van der Waals surface area (Å²) in [5, 5.41) is 25.2. The zero-order chi connectivity index (χ0) is 54.9. The molecule has 0 aliphatic rings. The van der Waals surface area contributed by atoms with Gasteiger partial charge in [0.05, 0.1) is 13.2 Å². The molecule has 0 amide bonds. The van der Waals surface area contributed by atoms with Gasteiger partial charge >= 0.3 is 0 Å². The van der Waals surface area contributed by atoms with Gasteiger partial charge in [0.25, 0.3) is 0 Å². The van der Waals surface area contributed by atoms with Crippen LogP contribution in [0.1, 0.15) is 213 Å². The highest BCUT2D eigenvalue weighted by Crippen LogP contribution is 2.47. The van der Waals surface area contributed by atoms with Gasteiger partial charge in [-0.15, -0.1) is 0 Å². The van der Waals surface area contributed by atoms with Crippen LogP contribution in [0.5, 0.6) is 23.0 Å². The molecule has 0 aliphatic heterocycles. The van der Waals surface area contributed by atoms with Crippen molar-refractivity contribution in [2.24, 2.45) is 0 Å². The number of hydrogen-bond acceptors (Lipinski definition) is 4. The fourth-order valence-electron chi connectivity index (χ4n) is 9.91. The van der Waals surface area contributed by atoms with Gasteiger partial charge in [-0.3, -0.25) is 0 Å². The van der Waals surface area contributed by atoms with Crippen LogP contribution in [-0.4, -0.2) is 23.4 Å². The minimum atomic E-state index is -0.0627. The van der Waals surface area contributed by atoms with Gasteiger partial charge in [0.2, 0.25) is 0 Å². The van der Waals surface area contributed by atoms with E-state index in [-0.39, 0.29) is 21.7 Å². The van der Waals surface area contributed by atoms with Crippen LogP contribution in [0.15, 0.2) is 97.1 Å². The predicted molar refractivity (Wildman–Crippen MR) is 323 cm³/mol. The van der Waals surface area contributed by atoms with Crippen LogP contribution in [-0.2, 0) is 47.3 Å². The maximum Gasteiger partial charge on any atom is 0.131 e. The van der Waals surface area contributed by atoms with E-state index >= 15 is 0 Å². The fraction of sp³-hybridized carbons (Fsp3) is 0.493. The Labute approximate surface area is 455 Å². The Morgan fingerprint density at radius 2 is 0.600 bits per heavy atom. The molecule has 0 atom stereocenters. The summed E-state index contributed by atoms with van der Waals surface area (Å²) >= 11 is 0. The van der Waals surface area contributed by atoms with Gasteiger partial charge in [-0.05, 0) is 177 Å². The molecule has 0 heterocycles. The van der Waals surface area contributed by atoms with Gasteiger partial charge in [0.1, 0.15) is 23.0 Å². The first kappa shape index (κ1) is 58.8. The highest BCUT2D eigenvalue weighted by molar-refractivity contribution is 5.87. The van der Waals surface area contributed by atoms with E-state index < -0.39 is 0 Å². The summed E-state index contributed by atoms with van der Waals surface area (Å²) in [7, 11) is 0. The average Bonchev–Trinajstić information content (AvgIpc) is 3.35. The lowest BCUT2D eigenvalue weighted by molar-refractivity contribution is 0.248. The minimum absolute atomic E-state index is 0.0627. The van der Waals surface area contributed by atoms with Crippen molar-refractivity contribution >= 4 is 0 Å². The van der Waals surface area contributed by atoms with E-state index in [0.29, 0.717) is 31.1 Å². The molecular formula is C71H96O4. The lowest BCUT2D eigenvalue weighted by atomic mass is 9.78. The Kier molecular flexibility index (Phi) is 19.7. The van der Waals surface area contributed by atoms with Crippen LogP contribution in [0.25, 0.3) is 44.5 Å². The van der Waals surface area contributed by atoms with Gasteiger partial charge in [0, 0.05) is 39.8 Å². The van der Waals surface area contributed by atoms with Crippen molar-refractivity contribution in [2.45, 2.75) is 216 Å². The molecule has 0 fully saturated rings. The number of hydrogen-bond donors (Lipinski definition) is 2. The lowest BCUT2D eigenvalue weighted by Crippen LogP contribution is -2.16. The molecule has 0 spiro atoms. The summed E-state index contributed by atoms with van der Waals surface area (Å²) in [6.45, 7) is 37.0. The molecule has 0 aliphatic carbocycles.